The molecule has 0 aromatic heterocycles. The summed E-state index contributed by atoms with van der Waals surface area (Å²) in [7, 11) is -2.06. The number of piperazine rings is 1. The SMILES string of the molecule is CNC(=O)NC(=O)[C@H](C)[NH+]1CCN(S(=O)(=O)/C=C/c2ccccc2)CC1. The Morgan fingerprint density at radius 1 is 1.19 bits per heavy atom. The van der Waals surface area contributed by atoms with Gasteiger partial charge in [-0.1, -0.05) is 30.3 Å². The molecule has 1 aromatic rings. The van der Waals surface area contributed by atoms with E-state index in [-0.39, 0.29) is 5.91 Å². The number of carbonyl (C=O) groups excluding carboxylic acids is 2. The average molecular weight is 381 g/mol. The fourth-order valence-electron chi connectivity index (χ4n) is 2.74. The van der Waals surface area contributed by atoms with Gasteiger partial charge in [-0.3, -0.25) is 10.1 Å². The van der Waals surface area contributed by atoms with Gasteiger partial charge in [0.05, 0.1) is 26.2 Å². The van der Waals surface area contributed by atoms with E-state index in [0.29, 0.717) is 26.2 Å². The lowest BCUT2D eigenvalue weighted by molar-refractivity contribution is -0.917. The second-order valence-electron chi connectivity index (χ2n) is 6.11. The van der Waals surface area contributed by atoms with Crippen molar-refractivity contribution in [1.82, 2.24) is 14.9 Å². The number of benzene rings is 1. The Kier molecular flexibility index (Phi) is 6.90. The molecule has 3 amide bonds. The zero-order chi connectivity index (χ0) is 19.2. The van der Waals surface area contributed by atoms with Gasteiger partial charge in [0.2, 0.25) is 10.0 Å². The number of imide groups is 1. The summed E-state index contributed by atoms with van der Waals surface area (Å²) in [5, 5.41) is 5.80. The minimum Gasteiger partial charge on any atom is -0.341 e. The molecular formula is C17H25N4O4S+. The molecule has 1 heterocycles. The number of amides is 3. The Bertz CT molecular complexity index is 756. The quantitative estimate of drug-likeness (QED) is 0.611. The molecule has 1 saturated heterocycles. The van der Waals surface area contributed by atoms with Crippen molar-refractivity contribution in [3.05, 3.63) is 41.3 Å². The zero-order valence-corrected chi connectivity index (χ0v) is 15.8. The van der Waals surface area contributed by atoms with Gasteiger partial charge in [-0.15, -0.1) is 0 Å². The van der Waals surface area contributed by atoms with Crippen molar-refractivity contribution in [2.75, 3.05) is 33.2 Å². The van der Waals surface area contributed by atoms with Crippen molar-refractivity contribution in [2.24, 2.45) is 0 Å². The number of carbonyl (C=O) groups is 2. The first-order valence-corrected chi connectivity index (χ1v) is 9.94. The maximum absolute atomic E-state index is 12.5. The Morgan fingerprint density at radius 3 is 2.38 bits per heavy atom. The normalized spacial score (nSPS) is 17.8. The molecule has 9 heteroatoms. The lowest BCUT2D eigenvalue weighted by Crippen LogP contribution is -3.19. The first kappa shape index (κ1) is 20.1. The van der Waals surface area contributed by atoms with Crippen molar-refractivity contribution in [3.8, 4) is 0 Å². The van der Waals surface area contributed by atoms with E-state index in [9.17, 15) is 18.0 Å². The highest BCUT2D eigenvalue weighted by atomic mass is 32.2. The highest BCUT2D eigenvalue weighted by molar-refractivity contribution is 7.92. The summed E-state index contributed by atoms with van der Waals surface area (Å²) in [6.45, 7) is 3.39. The monoisotopic (exact) mass is 381 g/mol. The van der Waals surface area contributed by atoms with Gasteiger partial charge in [-0.25, -0.2) is 13.2 Å². The van der Waals surface area contributed by atoms with E-state index in [2.05, 4.69) is 10.6 Å². The Balaban J connectivity index is 1.91. The Labute approximate surface area is 153 Å². The van der Waals surface area contributed by atoms with E-state index < -0.39 is 22.1 Å². The van der Waals surface area contributed by atoms with Crippen LogP contribution in [0.25, 0.3) is 6.08 Å². The third-order valence-electron chi connectivity index (χ3n) is 4.43. The van der Waals surface area contributed by atoms with Crippen LogP contribution < -0.4 is 15.5 Å². The fraction of sp³-hybridized carbons (Fsp3) is 0.412. The first-order valence-electron chi connectivity index (χ1n) is 8.44. The molecule has 0 saturated carbocycles. The van der Waals surface area contributed by atoms with Gasteiger partial charge in [-0.05, 0) is 18.6 Å². The molecule has 3 N–H and O–H groups in total. The molecule has 1 atom stereocenters. The second kappa shape index (κ2) is 8.93. The topological polar surface area (TPSA) is 100 Å². The van der Waals surface area contributed by atoms with Crippen LogP contribution in [0.3, 0.4) is 0 Å². The van der Waals surface area contributed by atoms with E-state index in [0.717, 1.165) is 10.5 Å². The minimum absolute atomic E-state index is 0.328. The lowest BCUT2D eigenvalue weighted by Gasteiger charge is -2.33. The zero-order valence-electron chi connectivity index (χ0n) is 14.9. The summed E-state index contributed by atoms with van der Waals surface area (Å²) < 4.78 is 26.3. The second-order valence-corrected chi connectivity index (χ2v) is 7.92. The van der Waals surface area contributed by atoms with Gasteiger partial charge in [0, 0.05) is 12.5 Å². The van der Waals surface area contributed by atoms with Gasteiger partial charge in [0.15, 0.2) is 6.04 Å². The minimum atomic E-state index is -3.50. The smallest absolute Gasteiger partial charge is 0.321 e. The number of hydrogen-bond acceptors (Lipinski definition) is 4. The van der Waals surface area contributed by atoms with Crippen LogP contribution in [0.15, 0.2) is 35.7 Å². The predicted molar refractivity (Wildman–Crippen MR) is 98.7 cm³/mol. The number of hydrogen-bond donors (Lipinski definition) is 3. The fourth-order valence-corrected chi connectivity index (χ4v) is 3.94. The van der Waals surface area contributed by atoms with Crippen molar-refractivity contribution >= 4 is 28.0 Å². The molecule has 1 fully saturated rings. The molecule has 0 spiro atoms. The van der Waals surface area contributed by atoms with Gasteiger partial charge >= 0.3 is 6.03 Å². The Hall–Kier alpha value is -2.23. The average Bonchev–Trinajstić information content (AvgIpc) is 2.66. The van der Waals surface area contributed by atoms with Crippen LogP contribution in [0.2, 0.25) is 0 Å². The van der Waals surface area contributed by atoms with Crippen molar-refractivity contribution in [3.63, 3.8) is 0 Å². The number of rotatable bonds is 5. The number of urea groups is 1. The van der Waals surface area contributed by atoms with E-state index in [1.165, 1.54) is 16.8 Å². The molecule has 1 aliphatic rings. The molecule has 2 rings (SSSR count). The van der Waals surface area contributed by atoms with Crippen LogP contribution in [-0.2, 0) is 14.8 Å². The summed E-state index contributed by atoms with van der Waals surface area (Å²) in [6, 6.07) is 8.25. The van der Waals surface area contributed by atoms with Gasteiger partial charge in [0.25, 0.3) is 5.91 Å². The number of sulfonamides is 1. The van der Waals surface area contributed by atoms with Crippen LogP contribution in [-0.4, -0.2) is 63.9 Å². The molecule has 142 valence electrons. The summed E-state index contributed by atoms with van der Waals surface area (Å²) in [5.41, 5.74) is 0.819. The van der Waals surface area contributed by atoms with Crippen molar-refractivity contribution < 1.29 is 22.9 Å². The van der Waals surface area contributed by atoms with E-state index in [1.54, 1.807) is 13.0 Å². The molecule has 0 radical (unpaired) electrons. The maximum atomic E-state index is 12.5. The highest BCUT2D eigenvalue weighted by Crippen LogP contribution is 2.08. The number of nitrogens with zero attached hydrogens (tertiary/aromatic N) is 1. The van der Waals surface area contributed by atoms with Crippen molar-refractivity contribution in [1.29, 1.82) is 0 Å². The molecule has 0 unspecified atom stereocenters. The molecular weight excluding hydrogens is 356 g/mol. The predicted octanol–water partition coefficient (Wildman–Crippen LogP) is -0.968. The van der Waals surface area contributed by atoms with Crippen LogP contribution >= 0.6 is 0 Å². The highest BCUT2D eigenvalue weighted by Gasteiger charge is 2.33. The molecule has 0 aliphatic carbocycles. The maximum Gasteiger partial charge on any atom is 0.321 e. The van der Waals surface area contributed by atoms with Gasteiger partial charge in [0.1, 0.15) is 0 Å². The molecule has 1 aliphatic heterocycles. The third-order valence-corrected chi connectivity index (χ3v) is 5.99. The van der Waals surface area contributed by atoms with Crippen LogP contribution in [0.4, 0.5) is 4.79 Å². The summed E-state index contributed by atoms with van der Waals surface area (Å²) in [4.78, 5) is 24.2. The molecule has 1 aromatic carbocycles. The Morgan fingerprint density at radius 2 is 1.81 bits per heavy atom. The molecule has 0 bridgehead atoms. The van der Waals surface area contributed by atoms with Crippen molar-refractivity contribution in [2.45, 2.75) is 13.0 Å². The van der Waals surface area contributed by atoms with Gasteiger partial charge in [-0.2, -0.15) is 4.31 Å². The van der Waals surface area contributed by atoms with Crippen LogP contribution in [0.1, 0.15) is 12.5 Å². The lowest BCUT2D eigenvalue weighted by atomic mass is 10.2. The van der Waals surface area contributed by atoms with Crippen LogP contribution in [0.5, 0.6) is 0 Å². The largest absolute Gasteiger partial charge is 0.341 e. The number of nitrogens with one attached hydrogen (secondary N) is 3. The standard InChI is InChI=1S/C17H24N4O4S/c1-14(16(22)19-17(23)18-2)20-9-11-21(12-10-20)26(24,25)13-8-15-6-4-3-5-7-15/h3-8,13-14H,9-12H2,1-2H3,(H2,18,19,22,23)/p+1/b13-8+/t14-/m0/s1. The summed E-state index contributed by atoms with van der Waals surface area (Å²) in [6.07, 6.45) is 1.58. The molecule has 8 nitrogen and oxygen atoms in total. The third kappa shape index (κ3) is 5.38. The van der Waals surface area contributed by atoms with E-state index >= 15 is 0 Å². The van der Waals surface area contributed by atoms with E-state index in [1.807, 2.05) is 30.3 Å². The summed E-state index contributed by atoms with van der Waals surface area (Å²) in [5.74, 6) is -0.375. The van der Waals surface area contributed by atoms with Gasteiger partial charge < -0.3 is 10.2 Å². The molecule has 26 heavy (non-hydrogen) atoms. The van der Waals surface area contributed by atoms with Crippen LogP contribution in [0, 0.1) is 0 Å². The summed E-state index contributed by atoms with van der Waals surface area (Å²) >= 11 is 0. The van der Waals surface area contributed by atoms with E-state index in [4.69, 9.17) is 0 Å². The number of quaternary nitrogens is 1. The first-order chi connectivity index (χ1) is 12.3.